The van der Waals surface area contributed by atoms with E-state index in [1.165, 1.54) is 29.1 Å². The van der Waals surface area contributed by atoms with Crippen molar-refractivity contribution in [3.8, 4) is 11.4 Å². The number of aromatic nitrogens is 3. The van der Waals surface area contributed by atoms with E-state index in [2.05, 4.69) is 15.6 Å². The first-order valence-corrected chi connectivity index (χ1v) is 11.2. The van der Waals surface area contributed by atoms with E-state index in [0.29, 0.717) is 44.3 Å². The predicted octanol–water partition coefficient (Wildman–Crippen LogP) is 2.97. The van der Waals surface area contributed by atoms with Crippen molar-refractivity contribution in [2.45, 2.75) is 44.7 Å². The van der Waals surface area contributed by atoms with Crippen LogP contribution in [0.5, 0.6) is 5.75 Å². The van der Waals surface area contributed by atoms with Crippen molar-refractivity contribution in [3.05, 3.63) is 35.7 Å². The zero-order chi connectivity index (χ0) is 25.7. The lowest BCUT2D eigenvalue weighted by Crippen LogP contribution is -2.33. The fourth-order valence-corrected chi connectivity index (χ4v) is 2.99. The van der Waals surface area contributed by atoms with E-state index in [9.17, 15) is 27.2 Å². The molecule has 9 nitrogen and oxygen atoms in total. The van der Waals surface area contributed by atoms with Gasteiger partial charge in [-0.1, -0.05) is 11.6 Å². The summed E-state index contributed by atoms with van der Waals surface area (Å²) in [4.78, 5) is 24.4. The van der Waals surface area contributed by atoms with Crippen LogP contribution >= 0.6 is 0 Å². The molecule has 2 rings (SSSR count). The number of amides is 2. The number of rotatable bonds is 15. The molecule has 1 heterocycles. The minimum atomic E-state index is -4.55. The number of hydrogen-bond acceptors (Lipinski definition) is 6. The van der Waals surface area contributed by atoms with Crippen LogP contribution in [0.2, 0.25) is 0 Å². The number of carbonyl (C=O) groups excluding carboxylic acids is 2. The number of alkyl halides is 4. The van der Waals surface area contributed by atoms with E-state index in [-0.39, 0.29) is 30.2 Å². The summed E-state index contributed by atoms with van der Waals surface area (Å²) in [6, 6.07) is 4.03. The van der Waals surface area contributed by atoms with Crippen molar-refractivity contribution in [3.63, 3.8) is 0 Å². The lowest BCUT2D eigenvalue weighted by molar-refractivity contribution is -0.123. The van der Waals surface area contributed by atoms with E-state index >= 15 is 0 Å². The Labute approximate surface area is 199 Å². The first-order valence-electron chi connectivity index (χ1n) is 11.2. The zero-order valence-corrected chi connectivity index (χ0v) is 19.1. The molecule has 0 aliphatic heterocycles. The molecule has 2 aromatic rings. The van der Waals surface area contributed by atoms with Crippen LogP contribution in [0.1, 0.15) is 59.4 Å². The van der Waals surface area contributed by atoms with Crippen LogP contribution < -0.4 is 15.4 Å². The van der Waals surface area contributed by atoms with Gasteiger partial charge in [-0.25, -0.2) is 4.68 Å². The second-order valence-corrected chi connectivity index (χ2v) is 7.67. The molecule has 0 aliphatic carbocycles. The highest BCUT2D eigenvalue weighted by Gasteiger charge is 2.28. The van der Waals surface area contributed by atoms with Gasteiger partial charge in [-0.2, -0.15) is 13.2 Å². The molecule has 0 fully saturated rings. The second kappa shape index (κ2) is 14.2. The first-order chi connectivity index (χ1) is 16.7. The smallest absolute Gasteiger partial charge is 0.405 e. The maximum atomic E-state index is 12.4. The second-order valence-electron chi connectivity index (χ2n) is 7.67. The van der Waals surface area contributed by atoms with E-state index in [0.717, 1.165) is 6.42 Å². The van der Waals surface area contributed by atoms with Gasteiger partial charge < -0.3 is 20.5 Å². The Balaban J connectivity index is 2.16. The molecule has 1 aromatic carbocycles. The van der Waals surface area contributed by atoms with Crippen LogP contribution in [0.3, 0.4) is 0 Å². The molecular formula is C22H29F4N5O4. The molecule has 2 amide bonds. The van der Waals surface area contributed by atoms with Crippen molar-refractivity contribution in [2.24, 2.45) is 0 Å². The highest BCUT2D eigenvalue weighted by atomic mass is 19.4. The molecule has 13 heteroatoms. The maximum absolute atomic E-state index is 12.4. The van der Waals surface area contributed by atoms with E-state index in [4.69, 9.17) is 9.84 Å². The Kier molecular flexibility index (Phi) is 11.4. The fraction of sp³-hybridized carbons (Fsp3) is 0.545. The summed E-state index contributed by atoms with van der Waals surface area (Å²) in [7, 11) is 0. The number of benzene rings is 1. The molecule has 0 unspecified atom stereocenters. The van der Waals surface area contributed by atoms with E-state index in [1.54, 1.807) is 5.32 Å². The quantitative estimate of drug-likeness (QED) is 0.254. The average Bonchev–Trinajstić information content (AvgIpc) is 3.32. The van der Waals surface area contributed by atoms with Gasteiger partial charge in [0.15, 0.2) is 5.69 Å². The highest BCUT2D eigenvalue weighted by Crippen LogP contribution is 2.25. The largest absolute Gasteiger partial charge is 0.491 e. The zero-order valence-electron chi connectivity index (χ0n) is 19.1. The molecule has 0 atom stereocenters. The lowest BCUT2D eigenvalue weighted by atomic mass is 10.1. The molecular weight excluding hydrogens is 474 g/mol. The number of nitrogens with one attached hydrogen (secondary N) is 2. The van der Waals surface area contributed by atoms with Crippen molar-refractivity contribution in [2.75, 3.05) is 33.0 Å². The minimum Gasteiger partial charge on any atom is -0.491 e. The standard InChI is InChI=1S/C22H29F4N5O4/c23-9-3-1-2-6-12-35-19-13-16(20(33)28-15-22(24,25)26)7-8-18(19)31-14-17(29-30-31)21(34)27-10-4-5-11-32/h7-8,13-14,32H,1-6,9-12,15H2,(H,27,34)(H,28,33). The number of hydrogen-bond donors (Lipinski definition) is 3. The van der Waals surface area contributed by atoms with Gasteiger partial charge in [0.2, 0.25) is 0 Å². The molecule has 0 saturated heterocycles. The highest BCUT2D eigenvalue weighted by molar-refractivity contribution is 5.95. The Morgan fingerprint density at radius 1 is 1.03 bits per heavy atom. The Bertz CT molecular complexity index is 952. The van der Waals surface area contributed by atoms with Crippen LogP contribution in [0.25, 0.3) is 5.69 Å². The number of ether oxygens (including phenoxy) is 1. The first kappa shape index (κ1) is 28.0. The van der Waals surface area contributed by atoms with Gasteiger partial charge in [-0.15, -0.1) is 5.10 Å². The molecule has 0 saturated carbocycles. The average molecular weight is 503 g/mol. The van der Waals surface area contributed by atoms with Gasteiger partial charge in [-0.3, -0.25) is 14.0 Å². The third-order valence-corrected chi connectivity index (χ3v) is 4.80. The van der Waals surface area contributed by atoms with Gasteiger partial charge >= 0.3 is 6.18 Å². The number of unbranched alkanes of at least 4 members (excludes halogenated alkanes) is 4. The monoisotopic (exact) mass is 503 g/mol. The molecule has 35 heavy (non-hydrogen) atoms. The predicted molar refractivity (Wildman–Crippen MR) is 118 cm³/mol. The Morgan fingerprint density at radius 3 is 2.51 bits per heavy atom. The molecule has 0 spiro atoms. The van der Waals surface area contributed by atoms with Crippen molar-refractivity contribution >= 4 is 11.8 Å². The van der Waals surface area contributed by atoms with Crippen LogP contribution in [-0.2, 0) is 0 Å². The molecule has 1 aromatic heterocycles. The molecule has 0 aliphatic rings. The van der Waals surface area contributed by atoms with Gasteiger partial charge in [0, 0.05) is 18.7 Å². The minimum absolute atomic E-state index is 0.0227. The van der Waals surface area contributed by atoms with Gasteiger partial charge in [0.1, 0.15) is 18.0 Å². The Hall–Kier alpha value is -3.22. The molecule has 194 valence electrons. The van der Waals surface area contributed by atoms with Gasteiger partial charge in [0.05, 0.1) is 19.5 Å². The summed E-state index contributed by atoms with van der Waals surface area (Å²) >= 11 is 0. The van der Waals surface area contributed by atoms with Gasteiger partial charge in [0.25, 0.3) is 11.8 Å². The van der Waals surface area contributed by atoms with Gasteiger partial charge in [-0.05, 0) is 50.3 Å². The van der Waals surface area contributed by atoms with Crippen LogP contribution in [0.15, 0.2) is 24.4 Å². The lowest BCUT2D eigenvalue weighted by Gasteiger charge is -2.14. The summed E-state index contributed by atoms with van der Waals surface area (Å²) in [5.41, 5.74) is 0.304. The number of nitrogens with zero attached hydrogens (tertiary/aromatic N) is 3. The SMILES string of the molecule is O=C(NCC(F)(F)F)c1ccc(-n2cc(C(=O)NCCCCO)nn2)c(OCCCCCCF)c1. The summed E-state index contributed by atoms with van der Waals surface area (Å²) in [6.45, 7) is -1.28. The number of aliphatic hydroxyl groups is 1. The third kappa shape index (κ3) is 9.89. The van der Waals surface area contributed by atoms with Crippen LogP contribution in [-0.4, -0.2) is 71.1 Å². The van der Waals surface area contributed by atoms with Crippen molar-refractivity contribution in [1.29, 1.82) is 0 Å². The Morgan fingerprint density at radius 2 is 1.80 bits per heavy atom. The normalized spacial score (nSPS) is 11.3. The van der Waals surface area contributed by atoms with E-state index in [1.807, 2.05) is 0 Å². The number of aliphatic hydroxyl groups excluding tert-OH is 1. The maximum Gasteiger partial charge on any atom is 0.405 e. The molecule has 0 bridgehead atoms. The van der Waals surface area contributed by atoms with Crippen LogP contribution in [0.4, 0.5) is 17.6 Å². The topological polar surface area (TPSA) is 118 Å². The third-order valence-electron chi connectivity index (χ3n) is 4.80. The summed E-state index contributed by atoms with van der Waals surface area (Å²) in [5.74, 6) is -1.23. The molecule has 0 radical (unpaired) electrons. The number of halogens is 4. The fourth-order valence-electron chi connectivity index (χ4n) is 2.99. The number of carbonyl (C=O) groups is 2. The summed E-state index contributed by atoms with van der Waals surface area (Å²) in [5, 5.41) is 21.0. The molecule has 3 N–H and O–H groups in total. The van der Waals surface area contributed by atoms with Crippen molar-refractivity contribution < 1.29 is 37.0 Å². The summed E-state index contributed by atoms with van der Waals surface area (Å²) in [6.07, 6.45) is 0.397. The summed E-state index contributed by atoms with van der Waals surface area (Å²) < 4.78 is 56.6. The van der Waals surface area contributed by atoms with Crippen LogP contribution in [0, 0.1) is 0 Å². The van der Waals surface area contributed by atoms with Crippen molar-refractivity contribution in [1.82, 2.24) is 25.6 Å². The van der Waals surface area contributed by atoms with E-state index < -0.39 is 31.2 Å².